The van der Waals surface area contributed by atoms with Gasteiger partial charge in [-0.15, -0.1) is 5.10 Å². The summed E-state index contributed by atoms with van der Waals surface area (Å²) in [5.74, 6) is -0.0388. The van der Waals surface area contributed by atoms with Gasteiger partial charge in [0.2, 0.25) is 5.91 Å². The van der Waals surface area contributed by atoms with Crippen LogP contribution in [0.5, 0.6) is 0 Å². The van der Waals surface area contributed by atoms with Crippen molar-refractivity contribution < 1.29 is 9.59 Å². The van der Waals surface area contributed by atoms with E-state index in [4.69, 9.17) is 0 Å². The van der Waals surface area contributed by atoms with E-state index in [2.05, 4.69) is 21.7 Å². The Kier molecular flexibility index (Phi) is 5.87. The second-order valence-electron chi connectivity index (χ2n) is 9.55. The number of nitrogens with one attached hydrogen (secondary N) is 1. The van der Waals surface area contributed by atoms with Gasteiger partial charge >= 0.3 is 0 Å². The first-order chi connectivity index (χ1) is 16.0. The molecule has 1 N–H and O–H groups in total. The lowest BCUT2D eigenvalue weighted by Gasteiger charge is -2.31. The fourth-order valence-corrected chi connectivity index (χ4v) is 5.21. The maximum absolute atomic E-state index is 13.1. The Labute approximate surface area is 194 Å². The lowest BCUT2D eigenvalue weighted by atomic mass is 9.95. The third-order valence-corrected chi connectivity index (χ3v) is 7.18. The Bertz CT molecular complexity index is 1190. The molecule has 2 aliphatic rings. The number of carbonyl (C=O) groups excluding carboxylic acids is 2. The Hall–Kier alpha value is -3.22. The fourth-order valence-electron chi connectivity index (χ4n) is 5.21. The van der Waals surface area contributed by atoms with Gasteiger partial charge in [0.15, 0.2) is 0 Å². The summed E-state index contributed by atoms with van der Waals surface area (Å²) in [6, 6.07) is 12.2. The van der Waals surface area contributed by atoms with Crippen molar-refractivity contribution >= 4 is 28.5 Å². The van der Waals surface area contributed by atoms with Crippen molar-refractivity contribution in [3.8, 4) is 0 Å². The van der Waals surface area contributed by atoms with E-state index in [1.54, 1.807) is 0 Å². The number of anilines is 1. The maximum atomic E-state index is 13.1. The van der Waals surface area contributed by atoms with Crippen LogP contribution >= 0.6 is 0 Å². The van der Waals surface area contributed by atoms with E-state index in [1.165, 1.54) is 18.4 Å². The largest absolute Gasteiger partial charge is 0.339 e. The highest BCUT2D eigenvalue weighted by molar-refractivity contribution is 5.98. The van der Waals surface area contributed by atoms with E-state index in [-0.39, 0.29) is 17.7 Å². The van der Waals surface area contributed by atoms with Crippen LogP contribution in [0.25, 0.3) is 11.0 Å². The fraction of sp³-hybridized carbons (Fsp3) is 0.462. The second-order valence-corrected chi connectivity index (χ2v) is 9.55. The molecule has 5 rings (SSSR count). The van der Waals surface area contributed by atoms with Crippen molar-refractivity contribution in [3.63, 3.8) is 0 Å². The molecule has 7 heteroatoms. The van der Waals surface area contributed by atoms with Gasteiger partial charge in [-0.05, 0) is 69.4 Å². The molecule has 2 heterocycles. The molecule has 0 atom stereocenters. The topological polar surface area (TPSA) is 80.1 Å². The molecule has 0 spiro atoms. The first-order valence-corrected chi connectivity index (χ1v) is 12.0. The van der Waals surface area contributed by atoms with Gasteiger partial charge in [0, 0.05) is 30.3 Å². The Morgan fingerprint density at radius 2 is 1.73 bits per heavy atom. The SMILES string of the molecule is Cc1ccc(NC(=O)C2CCN(C(=O)c3ccc4c(c3)nnn4C3CCCC3)CC2)c(C)c1. The number of piperidine rings is 1. The number of fused-ring (bicyclic) bond motifs is 1. The molecule has 1 saturated heterocycles. The Morgan fingerprint density at radius 3 is 2.45 bits per heavy atom. The summed E-state index contributed by atoms with van der Waals surface area (Å²) in [5, 5.41) is 11.8. The molecule has 33 heavy (non-hydrogen) atoms. The molecule has 0 bridgehead atoms. The number of rotatable bonds is 4. The highest BCUT2D eigenvalue weighted by atomic mass is 16.2. The standard InChI is InChI=1S/C26H31N5O2/c1-17-7-9-22(18(2)15-17)27-25(32)19-11-13-30(14-12-19)26(33)20-8-10-24-23(16-20)28-29-31(24)21-5-3-4-6-21/h7-10,15-16,19,21H,3-6,11-14H2,1-2H3,(H,27,32). The zero-order valence-electron chi connectivity index (χ0n) is 19.4. The monoisotopic (exact) mass is 445 g/mol. The van der Waals surface area contributed by atoms with Crippen LogP contribution in [0.2, 0.25) is 0 Å². The van der Waals surface area contributed by atoms with Crippen molar-refractivity contribution in [2.45, 2.75) is 58.4 Å². The van der Waals surface area contributed by atoms with E-state index in [0.717, 1.165) is 35.1 Å². The smallest absolute Gasteiger partial charge is 0.253 e. The quantitative estimate of drug-likeness (QED) is 0.634. The van der Waals surface area contributed by atoms with Crippen molar-refractivity contribution in [2.24, 2.45) is 5.92 Å². The third kappa shape index (κ3) is 4.36. The number of amides is 2. The minimum absolute atomic E-state index is 0.000513. The average Bonchev–Trinajstić information content (AvgIpc) is 3.50. The molecule has 1 saturated carbocycles. The minimum atomic E-state index is -0.0801. The van der Waals surface area contributed by atoms with Crippen molar-refractivity contribution in [3.05, 3.63) is 53.1 Å². The number of nitrogens with zero attached hydrogens (tertiary/aromatic N) is 4. The molecule has 1 aliphatic heterocycles. The second kappa shape index (κ2) is 8.96. The van der Waals surface area contributed by atoms with Gasteiger partial charge in [0.1, 0.15) is 5.52 Å². The predicted octanol–water partition coefficient (Wildman–Crippen LogP) is 4.65. The third-order valence-electron chi connectivity index (χ3n) is 7.18. The van der Waals surface area contributed by atoms with Crippen molar-refractivity contribution in [1.82, 2.24) is 19.9 Å². The summed E-state index contributed by atoms with van der Waals surface area (Å²) in [6.45, 7) is 5.21. The first-order valence-electron chi connectivity index (χ1n) is 12.0. The molecular formula is C26H31N5O2. The Balaban J connectivity index is 1.21. The molecule has 172 valence electrons. The predicted molar refractivity (Wildman–Crippen MR) is 128 cm³/mol. The summed E-state index contributed by atoms with van der Waals surface area (Å²) >= 11 is 0. The number of hydrogen-bond donors (Lipinski definition) is 1. The summed E-state index contributed by atoms with van der Waals surface area (Å²) in [6.07, 6.45) is 6.10. The van der Waals surface area contributed by atoms with Crippen LogP contribution in [0.3, 0.4) is 0 Å². The Morgan fingerprint density at radius 1 is 0.970 bits per heavy atom. The van der Waals surface area contributed by atoms with Gasteiger partial charge in [-0.25, -0.2) is 4.68 Å². The molecule has 2 fully saturated rings. The maximum Gasteiger partial charge on any atom is 0.253 e. The zero-order valence-corrected chi connectivity index (χ0v) is 19.4. The summed E-state index contributed by atoms with van der Waals surface area (Å²) in [7, 11) is 0. The van der Waals surface area contributed by atoms with Crippen molar-refractivity contribution in [1.29, 1.82) is 0 Å². The molecular weight excluding hydrogens is 414 g/mol. The lowest BCUT2D eigenvalue weighted by molar-refractivity contribution is -0.121. The van der Waals surface area contributed by atoms with E-state index < -0.39 is 0 Å². The van der Waals surface area contributed by atoms with Crippen LogP contribution in [0, 0.1) is 19.8 Å². The zero-order chi connectivity index (χ0) is 22.9. The number of hydrogen-bond acceptors (Lipinski definition) is 4. The van der Waals surface area contributed by atoms with Gasteiger partial charge in [-0.2, -0.15) is 0 Å². The van der Waals surface area contributed by atoms with Crippen LogP contribution in [0.4, 0.5) is 5.69 Å². The van der Waals surface area contributed by atoms with Crippen LogP contribution in [0.15, 0.2) is 36.4 Å². The molecule has 2 amide bonds. The lowest BCUT2D eigenvalue weighted by Crippen LogP contribution is -2.41. The van der Waals surface area contributed by atoms with Crippen LogP contribution in [-0.4, -0.2) is 44.8 Å². The van der Waals surface area contributed by atoms with Gasteiger partial charge in [0.25, 0.3) is 5.91 Å². The van der Waals surface area contributed by atoms with E-state index in [0.29, 0.717) is 37.5 Å². The van der Waals surface area contributed by atoms with Crippen LogP contribution in [-0.2, 0) is 4.79 Å². The van der Waals surface area contributed by atoms with Gasteiger partial charge < -0.3 is 10.2 Å². The molecule has 0 unspecified atom stereocenters. The molecule has 1 aliphatic carbocycles. The number of benzene rings is 2. The molecule has 2 aromatic carbocycles. The number of carbonyl (C=O) groups is 2. The number of aromatic nitrogens is 3. The summed E-state index contributed by atoms with van der Waals surface area (Å²) in [5.41, 5.74) is 5.52. The molecule has 1 aromatic heterocycles. The normalized spacial score (nSPS) is 17.6. The number of likely N-dealkylation sites (tertiary alicyclic amines) is 1. The molecule has 0 radical (unpaired) electrons. The molecule has 3 aromatic rings. The summed E-state index contributed by atoms with van der Waals surface area (Å²) < 4.78 is 2.02. The van der Waals surface area contributed by atoms with E-state index in [9.17, 15) is 9.59 Å². The number of aryl methyl sites for hydroxylation is 2. The average molecular weight is 446 g/mol. The highest BCUT2D eigenvalue weighted by Gasteiger charge is 2.28. The summed E-state index contributed by atoms with van der Waals surface area (Å²) in [4.78, 5) is 27.7. The van der Waals surface area contributed by atoms with Gasteiger partial charge in [0.05, 0.1) is 11.6 Å². The van der Waals surface area contributed by atoms with Crippen molar-refractivity contribution in [2.75, 3.05) is 18.4 Å². The first kappa shape index (κ1) is 21.6. The van der Waals surface area contributed by atoms with E-state index in [1.807, 2.05) is 53.8 Å². The van der Waals surface area contributed by atoms with Gasteiger partial charge in [-0.1, -0.05) is 35.8 Å². The van der Waals surface area contributed by atoms with Crippen LogP contribution < -0.4 is 5.32 Å². The molecule has 7 nitrogen and oxygen atoms in total. The van der Waals surface area contributed by atoms with E-state index >= 15 is 0 Å². The highest BCUT2D eigenvalue weighted by Crippen LogP contribution is 2.31. The van der Waals surface area contributed by atoms with Gasteiger partial charge in [-0.3, -0.25) is 9.59 Å². The van der Waals surface area contributed by atoms with Crippen LogP contribution in [0.1, 0.15) is 66.1 Å². The minimum Gasteiger partial charge on any atom is -0.339 e.